The lowest BCUT2D eigenvalue weighted by molar-refractivity contribution is -0.110. The van der Waals surface area contributed by atoms with Gasteiger partial charge in [-0.1, -0.05) is 31.9 Å². The average Bonchev–Trinajstić information content (AvgIpc) is 2.75. The van der Waals surface area contributed by atoms with Crippen molar-refractivity contribution in [3.63, 3.8) is 0 Å². The summed E-state index contributed by atoms with van der Waals surface area (Å²) in [6.45, 7) is 1.96. The summed E-state index contributed by atoms with van der Waals surface area (Å²) in [5.41, 5.74) is 3.81. The van der Waals surface area contributed by atoms with E-state index >= 15 is 0 Å². The van der Waals surface area contributed by atoms with E-state index in [4.69, 9.17) is 0 Å². The fourth-order valence-electron chi connectivity index (χ4n) is 2.37. The van der Waals surface area contributed by atoms with Crippen LogP contribution in [0.3, 0.4) is 0 Å². The maximum absolute atomic E-state index is 12.2. The number of fused-ring (bicyclic) bond motifs is 1. The predicted octanol–water partition coefficient (Wildman–Crippen LogP) is 4.72. The average molecular weight is 409 g/mol. The molecular formula is C16H11Br2NO2. The first-order valence-corrected chi connectivity index (χ1v) is 7.87. The van der Waals surface area contributed by atoms with E-state index in [9.17, 15) is 9.90 Å². The Balaban J connectivity index is 2.21. The fraction of sp³-hybridized carbons (Fsp3) is 0.0625. The highest BCUT2D eigenvalue weighted by Gasteiger charge is 2.26. The topological polar surface area (TPSA) is 49.3 Å². The van der Waals surface area contributed by atoms with Gasteiger partial charge in [0, 0.05) is 25.8 Å². The quantitative estimate of drug-likeness (QED) is 0.670. The van der Waals surface area contributed by atoms with Crippen LogP contribution in [0, 0.1) is 6.92 Å². The van der Waals surface area contributed by atoms with Crippen molar-refractivity contribution in [1.82, 2.24) is 0 Å². The number of benzene rings is 2. The van der Waals surface area contributed by atoms with Gasteiger partial charge in [0.25, 0.3) is 5.91 Å². The number of aromatic hydroxyl groups is 1. The molecule has 0 saturated carbocycles. The van der Waals surface area contributed by atoms with E-state index in [1.807, 2.05) is 19.1 Å². The Labute approximate surface area is 138 Å². The number of hydrogen-bond acceptors (Lipinski definition) is 2. The van der Waals surface area contributed by atoms with Gasteiger partial charge < -0.3 is 10.4 Å². The SMILES string of the molecule is Cc1c(Br)ccc2c1C(=Cc1cc(Br)ccc1O)C(=O)N2. The van der Waals surface area contributed by atoms with Gasteiger partial charge in [0.2, 0.25) is 0 Å². The minimum Gasteiger partial charge on any atom is -0.507 e. The molecule has 3 nitrogen and oxygen atoms in total. The monoisotopic (exact) mass is 407 g/mol. The Kier molecular flexibility index (Phi) is 3.63. The summed E-state index contributed by atoms with van der Waals surface area (Å²) in [5.74, 6) is -0.0230. The van der Waals surface area contributed by atoms with E-state index in [-0.39, 0.29) is 11.7 Å². The van der Waals surface area contributed by atoms with Crippen molar-refractivity contribution in [3.05, 3.63) is 56.0 Å². The number of halogens is 2. The second kappa shape index (κ2) is 5.31. The minimum atomic E-state index is -0.162. The Morgan fingerprint density at radius 3 is 2.71 bits per heavy atom. The third kappa shape index (κ3) is 2.51. The normalized spacial score (nSPS) is 15.2. The van der Waals surface area contributed by atoms with Crippen molar-refractivity contribution in [1.29, 1.82) is 0 Å². The highest BCUT2D eigenvalue weighted by atomic mass is 79.9. The van der Waals surface area contributed by atoms with Crippen LogP contribution in [-0.2, 0) is 4.79 Å². The van der Waals surface area contributed by atoms with E-state index in [1.54, 1.807) is 24.3 Å². The van der Waals surface area contributed by atoms with Crippen molar-refractivity contribution in [2.45, 2.75) is 6.92 Å². The Hall–Kier alpha value is -1.59. The summed E-state index contributed by atoms with van der Waals surface area (Å²) in [7, 11) is 0. The fourth-order valence-corrected chi connectivity index (χ4v) is 3.08. The Morgan fingerprint density at radius 2 is 1.95 bits per heavy atom. The molecule has 1 aliphatic heterocycles. The molecule has 21 heavy (non-hydrogen) atoms. The maximum Gasteiger partial charge on any atom is 0.256 e. The summed E-state index contributed by atoms with van der Waals surface area (Å²) in [6, 6.07) is 8.90. The highest BCUT2D eigenvalue weighted by molar-refractivity contribution is 9.10. The van der Waals surface area contributed by atoms with Gasteiger partial charge in [0.05, 0.1) is 5.57 Å². The summed E-state index contributed by atoms with van der Waals surface area (Å²) in [4.78, 5) is 12.2. The van der Waals surface area contributed by atoms with Gasteiger partial charge in [-0.3, -0.25) is 4.79 Å². The summed E-state index contributed by atoms with van der Waals surface area (Å²) in [6.07, 6.45) is 1.71. The lowest BCUT2D eigenvalue weighted by atomic mass is 9.99. The second-order valence-corrected chi connectivity index (χ2v) is 6.58. The molecule has 3 rings (SSSR count). The van der Waals surface area contributed by atoms with Crippen molar-refractivity contribution >= 4 is 55.1 Å². The molecule has 2 aromatic rings. The first kappa shape index (κ1) is 14.4. The van der Waals surface area contributed by atoms with Crippen molar-refractivity contribution in [3.8, 4) is 5.75 Å². The predicted molar refractivity (Wildman–Crippen MR) is 91.2 cm³/mol. The Morgan fingerprint density at radius 1 is 1.19 bits per heavy atom. The molecule has 0 atom stereocenters. The van der Waals surface area contributed by atoms with Gasteiger partial charge in [-0.15, -0.1) is 0 Å². The van der Waals surface area contributed by atoms with Crippen LogP contribution in [-0.4, -0.2) is 11.0 Å². The molecule has 0 aromatic heterocycles. The van der Waals surface area contributed by atoms with E-state index < -0.39 is 0 Å². The second-order valence-electron chi connectivity index (χ2n) is 4.81. The highest BCUT2D eigenvalue weighted by Crippen LogP contribution is 2.39. The molecule has 0 unspecified atom stereocenters. The van der Waals surface area contributed by atoms with Gasteiger partial charge >= 0.3 is 0 Å². The molecule has 0 saturated heterocycles. The van der Waals surface area contributed by atoms with E-state index in [2.05, 4.69) is 37.2 Å². The first-order valence-electron chi connectivity index (χ1n) is 6.28. The van der Waals surface area contributed by atoms with Crippen molar-refractivity contribution < 1.29 is 9.90 Å². The molecule has 0 spiro atoms. The molecule has 0 radical (unpaired) electrons. The smallest absolute Gasteiger partial charge is 0.256 e. The number of nitrogens with one attached hydrogen (secondary N) is 1. The molecule has 1 amide bonds. The van der Waals surface area contributed by atoms with Crippen LogP contribution in [0.15, 0.2) is 39.3 Å². The zero-order chi connectivity index (χ0) is 15.1. The van der Waals surface area contributed by atoms with Crippen LogP contribution in [0.4, 0.5) is 5.69 Å². The summed E-state index contributed by atoms with van der Waals surface area (Å²) >= 11 is 6.85. The first-order chi connectivity index (χ1) is 9.97. The molecular weight excluding hydrogens is 398 g/mol. The minimum absolute atomic E-state index is 0.139. The zero-order valence-electron chi connectivity index (χ0n) is 11.1. The molecule has 2 aromatic carbocycles. The maximum atomic E-state index is 12.2. The van der Waals surface area contributed by atoms with Gasteiger partial charge in [-0.05, 0) is 48.9 Å². The Bertz CT molecular complexity index is 797. The summed E-state index contributed by atoms with van der Waals surface area (Å²) in [5, 5.41) is 12.8. The third-order valence-electron chi connectivity index (χ3n) is 3.45. The standard InChI is InChI=1S/C16H11Br2NO2/c1-8-12(18)3-4-13-15(8)11(16(21)19-13)7-9-6-10(17)2-5-14(9)20/h2-7,20H,1H3,(H,19,21). The number of rotatable bonds is 1. The number of amides is 1. The molecule has 0 aliphatic carbocycles. The van der Waals surface area contributed by atoms with Crippen LogP contribution < -0.4 is 5.32 Å². The van der Waals surface area contributed by atoms with Gasteiger partial charge in [-0.25, -0.2) is 0 Å². The molecule has 5 heteroatoms. The number of phenolic OH excluding ortho intramolecular Hbond substituents is 1. The largest absolute Gasteiger partial charge is 0.507 e. The van der Waals surface area contributed by atoms with Gasteiger partial charge in [0.1, 0.15) is 5.75 Å². The van der Waals surface area contributed by atoms with Crippen LogP contribution >= 0.6 is 31.9 Å². The number of phenols is 1. The van der Waals surface area contributed by atoms with Crippen molar-refractivity contribution in [2.75, 3.05) is 5.32 Å². The van der Waals surface area contributed by atoms with E-state index in [0.29, 0.717) is 11.1 Å². The number of hydrogen-bond donors (Lipinski definition) is 2. The molecule has 0 bridgehead atoms. The number of carbonyl (C=O) groups is 1. The van der Waals surface area contributed by atoms with E-state index in [0.717, 1.165) is 25.8 Å². The zero-order valence-corrected chi connectivity index (χ0v) is 14.2. The molecule has 0 fully saturated rings. The van der Waals surface area contributed by atoms with Crippen LogP contribution in [0.25, 0.3) is 11.6 Å². The molecule has 1 heterocycles. The lowest BCUT2D eigenvalue weighted by Crippen LogP contribution is -2.03. The third-order valence-corrected chi connectivity index (χ3v) is 4.80. The number of anilines is 1. The van der Waals surface area contributed by atoms with Crippen LogP contribution in [0.2, 0.25) is 0 Å². The molecule has 1 aliphatic rings. The van der Waals surface area contributed by atoms with E-state index in [1.165, 1.54) is 0 Å². The number of carbonyl (C=O) groups excluding carboxylic acids is 1. The molecule has 2 N–H and O–H groups in total. The van der Waals surface area contributed by atoms with Crippen LogP contribution in [0.1, 0.15) is 16.7 Å². The van der Waals surface area contributed by atoms with Crippen molar-refractivity contribution in [2.24, 2.45) is 0 Å². The lowest BCUT2D eigenvalue weighted by Gasteiger charge is -2.06. The molecule has 106 valence electrons. The van der Waals surface area contributed by atoms with Gasteiger partial charge in [0.15, 0.2) is 0 Å². The van der Waals surface area contributed by atoms with Gasteiger partial charge in [-0.2, -0.15) is 0 Å². The summed E-state index contributed by atoms with van der Waals surface area (Å²) < 4.78 is 1.79. The van der Waals surface area contributed by atoms with Crippen LogP contribution in [0.5, 0.6) is 5.75 Å².